The van der Waals surface area contributed by atoms with Crippen LogP contribution in [0, 0.1) is 11.8 Å². The summed E-state index contributed by atoms with van der Waals surface area (Å²) in [7, 11) is 0. The molecule has 6 nitrogen and oxygen atoms in total. The number of hydrogen-bond donors (Lipinski definition) is 1. The van der Waals surface area contributed by atoms with Crippen molar-refractivity contribution in [1.82, 2.24) is 4.90 Å². The molecular formula is C43H85NO5. The van der Waals surface area contributed by atoms with Crippen LogP contribution in [0.25, 0.3) is 0 Å². The van der Waals surface area contributed by atoms with Crippen molar-refractivity contribution in [3.05, 3.63) is 0 Å². The molecule has 0 saturated carbocycles. The molecule has 292 valence electrons. The monoisotopic (exact) mass is 696 g/mol. The number of hydrogen-bond acceptors (Lipinski definition) is 6. The van der Waals surface area contributed by atoms with Crippen LogP contribution >= 0.6 is 0 Å². The van der Waals surface area contributed by atoms with Crippen molar-refractivity contribution >= 4 is 11.9 Å². The molecule has 2 atom stereocenters. The van der Waals surface area contributed by atoms with E-state index in [0.717, 1.165) is 90.0 Å². The van der Waals surface area contributed by atoms with Crippen LogP contribution in [0.2, 0.25) is 0 Å². The normalized spacial score (nSPS) is 12.8. The van der Waals surface area contributed by atoms with Gasteiger partial charge in [0.2, 0.25) is 0 Å². The van der Waals surface area contributed by atoms with Crippen molar-refractivity contribution in [2.75, 3.05) is 39.5 Å². The van der Waals surface area contributed by atoms with E-state index in [9.17, 15) is 14.7 Å². The van der Waals surface area contributed by atoms with E-state index >= 15 is 0 Å². The fourth-order valence-corrected chi connectivity index (χ4v) is 6.67. The molecule has 6 heteroatoms. The van der Waals surface area contributed by atoms with E-state index in [-0.39, 0.29) is 23.8 Å². The Morgan fingerprint density at radius 2 is 0.857 bits per heavy atom. The lowest BCUT2D eigenvalue weighted by Crippen LogP contribution is -2.27. The summed E-state index contributed by atoms with van der Waals surface area (Å²) < 4.78 is 11.2. The number of aliphatic hydroxyl groups excluding tert-OH is 1. The molecule has 0 aliphatic carbocycles. The van der Waals surface area contributed by atoms with E-state index in [4.69, 9.17) is 9.47 Å². The van der Waals surface area contributed by atoms with Crippen LogP contribution in [0.1, 0.15) is 214 Å². The number of carbonyl (C=O) groups is 2. The summed E-state index contributed by atoms with van der Waals surface area (Å²) in [6, 6.07) is 0. The van der Waals surface area contributed by atoms with Gasteiger partial charge in [0.05, 0.1) is 25.0 Å². The summed E-state index contributed by atoms with van der Waals surface area (Å²) in [5.41, 5.74) is 0. The molecule has 0 aromatic carbocycles. The van der Waals surface area contributed by atoms with Crippen LogP contribution in [-0.2, 0) is 19.1 Å². The second kappa shape index (κ2) is 38.1. The van der Waals surface area contributed by atoms with Gasteiger partial charge in [-0.2, -0.15) is 0 Å². The second-order valence-corrected chi connectivity index (χ2v) is 15.0. The van der Waals surface area contributed by atoms with E-state index in [0.29, 0.717) is 19.8 Å². The van der Waals surface area contributed by atoms with Gasteiger partial charge < -0.3 is 19.5 Å². The first-order valence-electron chi connectivity index (χ1n) is 21.7. The molecule has 0 aromatic rings. The van der Waals surface area contributed by atoms with Gasteiger partial charge in [0.15, 0.2) is 0 Å². The average Bonchev–Trinajstić information content (AvgIpc) is 3.10. The highest BCUT2D eigenvalue weighted by molar-refractivity contribution is 5.72. The highest BCUT2D eigenvalue weighted by atomic mass is 16.5. The molecule has 0 bridgehead atoms. The molecule has 0 spiro atoms. The van der Waals surface area contributed by atoms with Gasteiger partial charge in [0.1, 0.15) is 0 Å². The molecule has 2 unspecified atom stereocenters. The van der Waals surface area contributed by atoms with Crippen molar-refractivity contribution < 1.29 is 24.2 Å². The fourth-order valence-electron chi connectivity index (χ4n) is 6.67. The number of aliphatic hydroxyl groups is 1. The lowest BCUT2D eigenvalue weighted by molar-refractivity contribution is -0.149. The minimum atomic E-state index is -0.00882. The van der Waals surface area contributed by atoms with Gasteiger partial charge in [-0.3, -0.25) is 9.59 Å². The molecule has 0 radical (unpaired) electrons. The molecule has 0 aliphatic heterocycles. The van der Waals surface area contributed by atoms with Gasteiger partial charge in [0.25, 0.3) is 0 Å². The Bertz CT molecular complexity index is 702. The molecule has 0 aliphatic rings. The lowest BCUT2D eigenvalue weighted by Gasteiger charge is -2.22. The standard InChI is InChI=1S/C43H85NO5/c1-5-8-11-23-31-40(4)42(46)48-38-29-21-17-13-15-19-25-34-44(36-27-28-37-45)35-26-20-16-14-18-22-30-39-49-43(47)41(32-10-7-3)33-24-12-9-6-2/h40-41,45H,5-39H2,1-4H3. The van der Waals surface area contributed by atoms with Gasteiger partial charge in [0, 0.05) is 6.61 Å². The Labute approximate surface area is 305 Å². The highest BCUT2D eigenvalue weighted by Crippen LogP contribution is 2.20. The molecular weight excluding hydrogens is 610 g/mol. The van der Waals surface area contributed by atoms with Gasteiger partial charge in [-0.1, -0.05) is 156 Å². The van der Waals surface area contributed by atoms with Crippen LogP contribution in [-0.4, -0.2) is 61.4 Å². The average molecular weight is 696 g/mol. The third-order valence-corrected chi connectivity index (χ3v) is 10.1. The third-order valence-electron chi connectivity index (χ3n) is 10.1. The van der Waals surface area contributed by atoms with Gasteiger partial charge in [-0.25, -0.2) is 0 Å². The first-order valence-corrected chi connectivity index (χ1v) is 21.7. The van der Waals surface area contributed by atoms with Crippen LogP contribution in [0.3, 0.4) is 0 Å². The smallest absolute Gasteiger partial charge is 0.308 e. The van der Waals surface area contributed by atoms with Crippen LogP contribution in [0.5, 0.6) is 0 Å². The van der Waals surface area contributed by atoms with Gasteiger partial charge in [-0.05, 0) is 77.4 Å². The first kappa shape index (κ1) is 47.9. The predicted molar refractivity (Wildman–Crippen MR) is 209 cm³/mol. The molecule has 0 heterocycles. The van der Waals surface area contributed by atoms with E-state index in [1.807, 2.05) is 6.92 Å². The molecule has 0 amide bonds. The maximum absolute atomic E-state index is 12.6. The van der Waals surface area contributed by atoms with Gasteiger partial charge >= 0.3 is 11.9 Å². The summed E-state index contributed by atoms with van der Waals surface area (Å²) in [5.74, 6) is 0.196. The van der Waals surface area contributed by atoms with Crippen molar-refractivity contribution in [2.45, 2.75) is 214 Å². The number of nitrogens with zero attached hydrogens (tertiary/aromatic N) is 1. The molecule has 0 fully saturated rings. The zero-order chi connectivity index (χ0) is 36.0. The minimum absolute atomic E-state index is 0.00882. The zero-order valence-electron chi connectivity index (χ0n) is 33.4. The Kier molecular flexibility index (Phi) is 37.2. The topological polar surface area (TPSA) is 76.1 Å². The van der Waals surface area contributed by atoms with Gasteiger partial charge in [-0.15, -0.1) is 0 Å². The largest absolute Gasteiger partial charge is 0.465 e. The van der Waals surface area contributed by atoms with Crippen molar-refractivity contribution in [2.24, 2.45) is 11.8 Å². The number of unbranched alkanes of at least 4 members (excludes halogenated alkanes) is 20. The molecule has 0 saturated heterocycles. The third kappa shape index (κ3) is 32.5. The quantitative estimate of drug-likeness (QED) is 0.0509. The Morgan fingerprint density at radius 1 is 0.469 bits per heavy atom. The molecule has 1 N–H and O–H groups in total. The second-order valence-electron chi connectivity index (χ2n) is 15.0. The van der Waals surface area contributed by atoms with Crippen LogP contribution in [0.4, 0.5) is 0 Å². The number of carbonyl (C=O) groups excluding carboxylic acids is 2. The Hall–Kier alpha value is -1.14. The SMILES string of the molecule is CCCCCCC(C)C(=O)OCCCCCCCCCN(CCCCO)CCCCCCCCCOC(=O)C(CCCC)CCCCCC. The van der Waals surface area contributed by atoms with Crippen molar-refractivity contribution in [1.29, 1.82) is 0 Å². The van der Waals surface area contributed by atoms with Crippen LogP contribution < -0.4 is 0 Å². The highest BCUT2D eigenvalue weighted by Gasteiger charge is 2.19. The maximum atomic E-state index is 12.6. The fraction of sp³-hybridized carbons (Fsp3) is 0.953. The number of rotatable bonds is 39. The lowest BCUT2D eigenvalue weighted by atomic mass is 9.95. The Morgan fingerprint density at radius 3 is 1.35 bits per heavy atom. The van der Waals surface area contributed by atoms with Crippen LogP contribution in [0.15, 0.2) is 0 Å². The van der Waals surface area contributed by atoms with Crippen molar-refractivity contribution in [3.8, 4) is 0 Å². The van der Waals surface area contributed by atoms with E-state index in [1.165, 1.54) is 116 Å². The molecule has 0 aromatic heterocycles. The van der Waals surface area contributed by atoms with E-state index in [2.05, 4.69) is 25.7 Å². The van der Waals surface area contributed by atoms with E-state index in [1.54, 1.807) is 0 Å². The summed E-state index contributed by atoms with van der Waals surface area (Å²) in [5, 5.41) is 9.24. The maximum Gasteiger partial charge on any atom is 0.308 e. The van der Waals surface area contributed by atoms with E-state index < -0.39 is 0 Å². The zero-order valence-corrected chi connectivity index (χ0v) is 33.4. The molecule has 49 heavy (non-hydrogen) atoms. The van der Waals surface area contributed by atoms with Crippen molar-refractivity contribution in [3.63, 3.8) is 0 Å². The summed E-state index contributed by atoms with van der Waals surface area (Å²) in [4.78, 5) is 27.4. The minimum Gasteiger partial charge on any atom is -0.465 e. The Balaban J connectivity index is 3.89. The predicted octanol–water partition coefficient (Wildman–Crippen LogP) is 12.0. The first-order chi connectivity index (χ1) is 24.0. The molecule has 0 rings (SSSR count). The summed E-state index contributed by atoms with van der Waals surface area (Å²) in [6.07, 6.45) is 33.9. The number of ether oxygens (including phenoxy) is 2. The summed E-state index contributed by atoms with van der Waals surface area (Å²) >= 11 is 0. The summed E-state index contributed by atoms with van der Waals surface area (Å²) in [6.45, 7) is 13.6. The number of esters is 2.